The quantitative estimate of drug-likeness (QED) is 0.760. The van der Waals surface area contributed by atoms with E-state index in [2.05, 4.69) is 39.0 Å². The van der Waals surface area contributed by atoms with E-state index in [0.29, 0.717) is 11.8 Å². The third kappa shape index (κ3) is 3.29. The van der Waals surface area contributed by atoms with Crippen molar-refractivity contribution in [3.8, 4) is 5.69 Å². The van der Waals surface area contributed by atoms with E-state index in [0.717, 1.165) is 17.3 Å². The van der Waals surface area contributed by atoms with Crippen LogP contribution in [0.3, 0.4) is 0 Å². The zero-order valence-corrected chi connectivity index (χ0v) is 13.1. The number of nitrogens with zero attached hydrogens (tertiary/aromatic N) is 3. The molecule has 3 rings (SSSR count). The molecule has 0 atom stereocenters. The Balaban J connectivity index is 1.96. The maximum Gasteiger partial charge on any atom is 0.152 e. The highest BCUT2D eigenvalue weighted by Crippen LogP contribution is 2.31. The minimum atomic E-state index is 0.397. The van der Waals surface area contributed by atoms with Crippen LogP contribution in [0.25, 0.3) is 5.69 Å². The van der Waals surface area contributed by atoms with Crippen LogP contribution in [0.4, 0.5) is 0 Å². The maximum absolute atomic E-state index is 6.07. The number of rotatable bonds is 3. The van der Waals surface area contributed by atoms with Crippen LogP contribution in [0.15, 0.2) is 30.3 Å². The minimum absolute atomic E-state index is 0.397. The Hall–Kier alpha value is -1.35. The molecule has 0 aliphatic heterocycles. The highest BCUT2D eigenvalue weighted by atomic mass is 35.5. The van der Waals surface area contributed by atoms with Crippen molar-refractivity contribution >= 4 is 11.6 Å². The molecule has 2 aromatic rings. The van der Waals surface area contributed by atoms with E-state index < -0.39 is 0 Å². The SMILES string of the molecule is ClCc1nnc(C2CCCCCCC2)n1-c1ccccc1. The van der Waals surface area contributed by atoms with Crippen molar-refractivity contribution < 1.29 is 0 Å². The van der Waals surface area contributed by atoms with Gasteiger partial charge in [-0.25, -0.2) is 0 Å². The topological polar surface area (TPSA) is 30.7 Å². The first kappa shape index (κ1) is 14.6. The molecule has 1 fully saturated rings. The van der Waals surface area contributed by atoms with Gasteiger partial charge in [0.1, 0.15) is 5.82 Å². The number of hydrogen-bond acceptors (Lipinski definition) is 2. The lowest BCUT2D eigenvalue weighted by atomic mass is 9.90. The Morgan fingerprint density at radius 2 is 1.62 bits per heavy atom. The molecule has 1 aliphatic carbocycles. The van der Waals surface area contributed by atoms with Gasteiger partial charge < -0.3 is 0 Å². The van der Waals surface area contributed by atoms with Crippen molar-refractivity contribution in [1.29, 1.82) is 0 Å². The average molecular weight is 304 g/mol. The Morgan fingerprint density at radius 3 is 2.29 bits per heavy atom. The Kier molecular flexibility index (Phi) is 4.91. The zero-order chi connectivity index (χ0) is 14.5. The summed E-state index contributed by atoms with van der Waals surface area (Å²) in [5, 5.41) is 8.81. The highest BCUT2D eigenvalue weighted by Gasteiger charge is 2.22. The van der Waals surface area contributed by atoms with E-state index in [9.17, 15) is 0 Å². The molecule has 1 heterocycles. The molecule has 1 aromatic carbocycles. The van der Waals surface area contributed by atoms with E-state index >= 15 is 0 Å². The molecule has 0 N–H and O–H groups in total. The van der Waals surface area contributed by atoms with Crippen molar-refractivity contribution in [3.05, 3.63) is 42.0 Å². The predicted molar refractivity (Wildman–Crippen MR) is 86.0 cm³/mol. The first-order chi connectivity index (χ1) is 10.4. The molecule has 0 spiro atoms. The summed E-state index contributed by atoms with van der Waals surface area (Å²) in [7, 11) is 0. The fraction of sp³-hybridized carbons (Fsp3) is 0.529. The zero-order valence-electron chi connectivity index (χ0n) is 12.3. The molecule has 0 radical (unpaired) electrons. The summed E-state index contributed by atoms with van der Waals surface area (Å²) in [6.07, 6.45) is 9.09. The lowest BCUT2D eigenvalue weighted by molar-refractivity contribution is 0.438. The monoisotopic (exact) mass is 303 g/mol. The van der Waals surface area contributed by atoms with Gasteiger partial charge in [-0.05, 0) is 25.0 Å². The number of para-hydroxylation sites is 1. The van der Waals surface area contributed by atoms with Gasteiger partial charge in [-0.15, -0.1) is 21.8 Å². The molecule has 1 aliphatic rings. The van der Waals surface area contributed by atoms with Crippen molar-refractivity contribution in [1.82, 2.24) is 14.8 Å². The van der Waals surface area contributed by atoms with Crippen LogP contribution < -0.4 is 0 Å². The molecule has 0 saturated heterocycles. The van der Waals surface area contributed by atoms with Gasteiger partial charge in [0.15, 0.2) is 5.82 Å². The first-order valence-electron chi connectivity index (χ1n) is 7.95. The van der Waals surface area contributed by atoms with E-state index in [1.54, 1.807) is 0 Å². The van der Waals surface area contributed by atoms with Crippen LogP contribution in [0.2, 0.25) is 0 Å². The van der Waals surface area contributed by atoms with Gasteiger partial charge in [0.05, 0.1) is 5.88 Å². The summed E-state index contributed by atoms with van der Waals surface area (Å²) in [5.74, 6) is 2.85. The van der Waals surface area contributed by atoms with Gasteiger partial charge in [-0.3, -0.25) is 4.57 Å². The van der Waals surface area contributed by atoms with Gasteiger partial charge in [0.2, 0.25) is 0 Å². The first-order valence-corrected chi connectivity index (χ1v) is 8.49. The molecule has 3 nitrogen and oxygen atoms in total. The smallest absolute Gasteiger partial charge is 0.152 e. The molecule has 0 amide bonds. The average Bonchev–Trinajstić information content (AvgIpc) is 2.91. The summed E-state index contributed by atoms with van der Waals surface area (Å²) < 4.78 is 2.17. The molecule has 112 valence electrons. The number of halogens is 1. The summed E-state index contributed by atoms with van der Waals surface area (Å²) in [5.41, 5.74) is 1.12. The lowest BCUT2D eigenvalue weighted by Gasteiger charge is -2.20. The van der Waals surface area contributed by atoms with Crippen LogP contribution in [0.1, 0.15) is 62.5 Å². The summed E-state index contributed by atoms with van der Waals surface area (Å²) in [6.45, 7) is 0. The summed E-state index contributed by atoms with van der Waals surface area (Å²) in [6, 6.07) is 10.3. The van der Waals surface area contributed by atoms with Crippen LogP contribution in [0, 0.1) is 0 Å². The molecular weight excluding hydrogens is 282 g/mol. The molecule has 21 heavy (non-hydrogen) atoms. The Labute approximate surface area is 131 Å². The largest absolute Gasteiger partial charge is 0.282 e. The number of hydrogen-bond donors (Lipinski definition) is 0. The second-order valence-electron chi connectivity index (χ2n) is 5.82. The lowest BCUT2D eigenvalue weighted by Crippen LogP contribution is -2.11. The van der Waals surface area contributed by atoms with E-state index in [4.69, 9.17) is 11.6 Å². The van der Waals surface area contributed by atoms with Gasteiger partial charge in [0, 0.05) is 11.6 Å². The van der Waals surface area contributed by atoms with Crippen LogP contribution in [-0.4, -0.2) is 14.8 Å². The van der Waals surface area contributed by atoms with Crippen molar-refractivity contribution in [2.45, 2.75) is 56.7 Å². The van der Waals surface area contributed by atoms with Crippen molar-refractivity contribution in [2.75, 3.05) is 0 Å². The Bertz CT molecular complexity index is 557. The van der Waals surface area contributed by atoms with Crippen molar-refractivity contribution in [3.63, 3.8) is 0 Å². The van der Waals surface area contributed by atoms with Crippen LogP contribution in [-0.2, 0) is 5.88 Å². The molecular formula is C17H22ClN3. The van der Waals surface area contributed by atoms with Crippen LogP contribution in [0.5, 0.6) is 0 Å². The highest BCUT2D eigenvalue weighted by molar-refractivity contribution is 6.16. The summed E-state index contributed by atoms with van der Waals surface area (Å²) >= 11 is 6.07. The standard InChI is InChI=1S/C17H22ClN3/c18-13-16-19-20-17(14-9-5-2-1-3-6-10-14)21(16)15-11-7-4-8-12-15/h4,7-8,11-12,14H,1-3,5-6,9-10,13H2. The number of alkyl halides is 1. The van der Waals surface area contributed by atoms with Gasteiger partial charge in [-0.2, -0.15) is 0 Å². The Morgan fingerprint density at radius 1 is 0.952 bits per heavy atom. The third-order valence-corrected chi connectivity index (χ3v) is 4.60. The van der Waals surface area contributed by atoms with Crippen molar-refractivity contribution in [2.24, 2.45) is 0 Å². The van der Waals surface area contributed by atoms with Gasteiger partial charge in [0.25, 0.3) is 0 Å². The normalized spacial score (nSPS) is 17.4. The summed E-state index contributed by atoms with van der Waals surface area (Å²) in [4.78, 5) is 0. The molecule has 4 heteroatoms. The predicted octanol–water partition coefficient (Wildman–Crippen LogP) is 4.83. The maximum atomic E-state index is 6.07. The van der Waals surface area contributed by atoms with Gasteiger partial charge in [-0.1, -0.05) is 50.3 Å². The molecule has 0 bridgehead atoms. The molecule has 1 aromatic heterocycles. The molecule has 1 saturated carbocycles. The number of benzene rings is 1. The molecule has 0 unspecified atom stereocenters. The second kappa shape index (κ2) is 7.08. The van der Waals surface area contributed by atoms with E-state index in [1.807, 2.05) is 6.07 Å². The second-order valence-corrected chi connectivity index (χ2v) is 6.09. The number of aromatic nitrogens is 3. The fourth-order valence-electron chi connectivity index (χ4n) is 3.25. The van der Waals surface area contributed by atoms with E-state index in [1.165, 1.54) is 44.9 Å². The third-order valence-electron chi connectivity index (χ3n) is 4.36. The minimum Gasteiger partial charge on any atom is -0.282 e. The van der Waals surface area contributed by atoms with Crippen LogP contribution >= 0.6 is 11.6 Å². The fourth-order valence-corrected chi connectivity index (χ4v) is 3.43. The van der Waals surface area contributed by atoms with E-state index in [-0.39, 0.29) is 0 Å². The van der Waals surface area contributed by atoms with Gasteiger partial charge >= 0.3 is 0 Å².